The molecule has 0 bridgehead atoms. The molecule has 0 heterocycles. The van der Waals surface area contributed by atoms with Crippen LogP contribution in [0.4, 0.5) is 8.78 Å². The summed E-state index contributed by atoms with van der Waals surface area (Å²) >= 11 is 0. The average molecular weight is 333 g/mol. The van der Waals surface area contributed by atoms with Crippen LogP contribution in [0, 0.1) is 25.5 Å². The molecule has 2 rings (SSSR count). The third-order valence-electron chi connectivity index (χ3n) is 3.81. The molecule has 0 spiro atoms. The van der Waals surface area contributed by atoms with Gasteiger partial charge in [0.1, 0.15) is 6.04 Å². The first kappa shape index (κ1) is 17.6. The fourth-order valence-corrected chi connectivity index (χ4v) is 2.28. The Morgan fingerprint density at radius 1 is 1.12 bits per heavy atom. The van der Waals surface area contributed by atoms with Gasteiger partial charge < -0.3 is 10.4 Å². The van der Waals surface area contributed by atoms with Gasteiger partial charge in [-0.25, -0.2) is 13.6 Å². The molecule has 0 aliphatic rings. The van der Waals surface area contributed by atoms with Crippen LogP contribution in [0.1, 0.15) is 27.0 Å². The molecule has 1 atom stereocenters. The maximum atomic E-state index is 13.6. The van der Waals surface area contributed by atoms with Crippen molar-refractivity contribution < 1.29 is 23.5 Å². The molecule has 126 valence electrons. The number of rotatable bonds is 5. The van der Waals surface area contributed by atoms with E-state index < -0.39 is 35.1 Å². The van der Waals surface area contributed by atoms with Crippen LogP contribution >= 0.6 is 0 Å². The SMILES string of the molecule is Cc1ccc(C[C@@H](NC(=O)c2cccc(F)c2F)C(=O)O)cc1C. The smallest absolute Gasteiger partial charge is 0.326 e. The third-order valence-corrected chi connectivity index (χ3v) is 3.81. The van der Waals surface area contributed by atoms with Crippen molar-refractivity contribution >= 4 is 11.9 Å². The number of carboxylic acids is 1. The van der Waals surface area contributed by atoms with E-state index in [1.807, 2.05) is 26.0 Å². The summed E-state index contributed by atoms with van der Waals surface area (Å²) < 4.78 is 26.8. The van der Waals surface area contributed by atoms with Crippen LogP contribution in [0.25, 0.3) is 0 Å². The number of carbonyl (C=O) groups is 2. The van der Waals surface area contributed by atoms with Crippen LogP contribution < -0.4 is 5.32 Å². The quantitative estimate of drug-likeness (QED) is 0.884. The Labute approximate surface area is 138 Å². The van der Waals surface area contributed by atoms with Crippen molar-refractivity contribution in [2.75, 3.05) is 0 Å². The van der Waals surface area contributed by atoms with E-state index in [0.29, 0.717) is 0 Å². The first-order valence-electron chi connectivity index (χ1n) is 7.33. The molecule has 6 heteroatoms. The van der Waals surface area contributed by atoms with E-state index in [0.717, 1.165) is 28.8 Å². The van der Waals surface area contributed by atoms with Crippen LogP contribution in [0.2, 0.25) is 0 Å². The lowest BCUT2D eigenvalue weighted by Gasteiger charge is -2.16. The topological polar surface area (TPSA) is 66.4 Å². The molecule has 4 nitrogen and oxygen atoms in total. The van der Waals surface area contributed by atoms with Crippen LogP contribution in [0.15, 0.2) is 36.4 Å². The van der Waals surface area contributed by atoms with Crippen molar-refractivity contribution in [3.05, 3.63) is 70.3 Å². The second-order valence-electron chi connectivity index (χ2n) is 5.59. The zero-order chi connectivity index (χ0) is 17.9. The van der Waals surface area contributed by atoms with E-state index in [1.165, 1.54) is 6.07 Å². The average Bonchev–Trinajstić information content (AvgIpc) is 2.52. The number of carbonyl (C=O) groups excluding carboxylic acids is 1. The van der Waals surface area contributed by atoms with Gasteiger partial charge in [0.2, 0.25) is 0 Å². The summed E-state index contributed by atoms with van der Waals surface area (Å²) in [6, 6.07) is 7.39. The predicted molar refractivity (Wildman–Crippen MR) is 84.9 cm³/mol. The molecule has 1 amide bonds. The molecule has 0 saturated carbocycles. The standard InChI is InChI=1S/C18H17F2NO3/c1-10-6-7-12(8-11(10)2)9-15(18(23)24)21-17(22)13-4-3-5-14(19)16(13)20/h3-8,15H,9H2,1-2H3,(H,21,22)(H,23,24)/t15-/m1/s1. The number of carboxylic acid groups (broad SMARTS) is 1. The lowest BCUT2D eigenvalue weighted by Crippen LogP contribution is -2.42. The minimum absolute atomic E-state index is 0.0408. The monoisotopic (exact) mass is 333 g/mol. The van der Waals surface area contributed by atoms with Gasteiger partial charge in [-0.1, -0.05) is 24.3 Å². The third kappa shape index (κ3) is 3.95. The zero-order valence-corrected chi connectivity index (χ0v) is 13.3. The van der Waals surface area contributed by atoms with Crippen LogP contribution in [-0.2, 0) is 11.2 Å². The van der Waals surface area contributed by atoms with Crippen molar-refractivity contribution in [3.8, 4) is 0 Å². The summed E-state index contributed by atoms with van der Waals surface area (Å²) in [6.45, 7) is 3.83. The molecular formula is C18H17F2NO3. The Bertz CT molecular complexity index is 790. The van der Waals surface area contributed by atoms with Gasteiger partial charge in [0, 0.05) is 6.42 Å². The minimum atomic E-state index is -1.30. The lowest BCUT2D eigenvalue weighted by molar-refractivity contribution is -0.139. The maximum Gasteiger partial charge on any atom is 0.326 e. The molecule has 0 saturated heterocycles. The fraction of sp³-hybridized carbons (Fsp3) is 0.222. The van der Waals surface area contributed by atoms with Crippen molar-refractivity contribution in [2.45, 2.75) is 26.3 Å². The highest BCUT2D eigenvalue weighted by Gasteiger charge is 2.23. The molecule has 2 N–H and O–H groups in total. The van der Waals surface area contributed by atoms with Crippen molar-refractivity contribution in [2.24, 2.45) is 0 Å². The summed E-state index contributed by atoms with van der Waals surface area (Å²) in [5.74, 6) is -4.68. The number of amides is 1. The second-order valence-corrected chi connectivity index (χ2v) is 5.59. The summed E-state index contributed by atoms with van der Waals surface area (Å²) in [5, 5.41) is 11.5. The first-order chi connectivity index (χ1) is 11.3. The van der Waals surface area contributed by atoms with E-state index in [-0.39, 0.29) is 6.42 Å². The van der Waals surface area contributed by atoms with Crippen LogP contribution in [0.3, 0.4) is 0 Å². The molecule has 2 aromatic rings. The Morgan fingerprint density at radius 2 is 1.83 bits per heavy atom. The normalized spacial score (nSPS) is 11.8. The molecule has 0 radical (unpaired) electrons. The summed E-state index contributed by atoms with van der Waals surface area (Å²) in [4.78, 5) is 23.5. The number of benzene rings is 2. The molecule has 0 unspecified atom stereocenters. The van der Waals surface area contributed by atoms with Gasteiger partial charge in [-0.05, 0) is 42.7 Å². The van der Waals surface area contributed by atoms with Gasteiger partial charge in [0.05, 0.1) is 5.56 Å². The van der Waals surface area contributed by atoms with Gasteiger partial charge in [-0.15, -0.1) is 0 Å². The Balaban J connectivity index is 2.19. The van der Waals surface area contributed by atoms with E-state index in [4.69, 9.17) is 0 Å². The van der Waals surface area contributed by atoms with E-state index >= 15 is 0 Å². The van der Waals surface area contributed by atoms with E-state index in [1.54, 1.807) is 6.07 Å². The largest absolute Gasteiger partial charge is 0.480 e. The van der Waals surface area contributed by atoms with Crippen molar-refractivity contribution in [3.63, 3.8) is 0 Å². The van der Waals surface area contributed by atoms with Gasteiger partial charge in [0.25, 0.3) is 5.91 Å². The highest BCUT2D eigenvalue weighted by molar-refractivity contribution is 5.96. The highest BCUT2D eigenvalue weighted by atomic mass is 19.2. The number of nitrogens with one attached hydrogen (secondary N) is 1. The first-order valence-corrected chi connectivity index (χ1v) is 7.33. The number of aryl methyl sites for hydroxylation is 2. The molecule has 2 aromatic carbocycles. The molecular weight excluding hydrogens is 316 g/mol. The lowest BCUT2D eigenvalue weighted by atomic mass is 10.0. The number of aliphatic carboxylic acids is 1. The number of halogens is 2. The number of hydrogen-bond donors (Lipinski definition) is 2. The minimum Gasteiger partial charge on any atom is -0.480 e. The van der Waals surface area contributed by atoms with Crippen molar-refractivity contribution in [1.82, 2.24) is 5.32 Å². The molecule has 0 aromatic heterocycles. The Morgan fingerprint density at radius 3 is 2.46 bits per heavy atom. The molecule has 0 fully saturated rings. The van der Waals surface area contributed by atoms with Crippen LogP contribution in [-0.4, -0.2) is 23.0 Å². The zero-order valence-electron chi connectivity index (χ0n) is 13.3. The van der Waals surface area contributed by atoms with E-state index in [9.17, 15) is 23.5 Å². The highest BCUT2D eigenvalue weighted by Crippen LogP contribution is 2.14. The summed E-state index contributed by atoms with van der Waals surface area (Å²) in [5.41, 5.74) is 2.27. The summed E-state index contributed by atoms with van der Waals surface area (Å²) in [6.07, 6.45) is 0.0408. The predicted octanol–water partition coefficient (Wildman–Crippen LogP) is 3.01. The maximum absolute atomic E-state index is 13.6. The molecule has 0 aliphatic heterocycles. The van der Waals surface area contributed by atoms with Gasteiger partial charge in [-0.2, -0.15) is 0 Å². The van der Waals surface area contributed by atoms with Gasteiger partial charge in [0.15, 0.2) is 11.6 Å². The Hall–Kier alpha value is -2.76. The van der Waals surface area contributed by atoms with E-state index in [2.05, 4.69) is 5.32 Å². The van der Waals surface area contributed by atoms with Gasteiger partial charge >= 0.3 is 5.97 Å². The molecule has 0 aliphatic carbocycles. The van der Waals surface area contributed by atoms with Gasteiger partial charge in [-0.3, -0.25) is 4.79 Å². The fourth-order valence-electron chi connectivity index (χ4n) is 2.28. The van der Waals surface area contributed by atoms with Crippen LogP contribution in [0.5, 0.6) is 0 Å². The van der Waals surface area contributed by atoms with Crippen molar-refractivity contribution in [1.29, 1.82) is 0 Å². The Kier molecular flexibility index (Phi) is 5.28. The second kappa shape index (κ2) is 7.21. The summed E-state index contributed by atoms with van der Waals surface area (Å²) in [7, 11) is 0. The number of hydrogen-bond acceptors (Lipinski definition) is 2. The molecule has 24 heavy (non-hydrogen) atoms.